The number of hydrogen-bond donors (Lipinski definition) is 1. The molecule has 1 aromatic carbocycles. The number of halogens is 1. The van der Waals surface area contributed by atoms with E-state index in [0.29, 0.717) is 27.7 Å². The zero-order chi connectivity index (χ0) is 16.4. The lowest BCUT2D eigenvalue weighted by molar-refractivity contribution is -0.118. The van der Waals surface area contributed by atoms with Crippen molar-refractivity contribution >= 4 is 34.3 Å². The van der Waals surface area contributed by atoms with E-state index in [1.54, 1.807) is 24.3 Å². The Morgan fingerprint density at radius 1 is 1.26 bits per heavy atom. The second-order valence-corrected chi connectivity index (χ2v) is 5.42. The molecule has 0 saturated heterocycles. The molecule has 0 bridgehead atoms. The monoisotopic (exact) mass is 331 g/mol. The maximum absolute atomic E-state index is 12.0. The van der Waals surface area contributed by atoms with E-state index >= 15 is 0 Å². The number of benzene rings is 1. The lowest BCUT2D eigenvalue weighted by atomic mass is 10.2. The fraction of sp³-hybridized carbons (Fsp3) is 0.188. The van der Waals surface area contributed by atoms with Crippen molar-refractivity contribution in [1.82, 2.24) is 9.97 Å². The van der Waals surface area contributed by atoms with E-state index in [0.717, 1.165) is 11.3 Å². The number of aromatic nitrogens is 2. The molecule has 118 valence electrons. The highest BCUT2D eigenvalue weighted by molar-refractivity contribution is 6.30. The highest BCUT2D eigenvalue weighted by atomic mass is 35.5. The van der Waals surface area contributed by atoms with E-state index in [1.165, 1.54) is 6.33 Å². The fourth-order valence-electron chi connectivity index (χ4n) is 2.12. The van der Waals surface area contributed by atoms with Crippen LogP contribution in [-0.4, -0.2) is 22.5 Å². The molecule has 2 aromatic heterocycles. The molecule has 0 aliphatic rings. The Morgan fingerprint density at radius 2 is 2.00 bits per heavy atom. The van der Waals surface area contributed by atoms with Gasteiger partial charge >= 0.3 is 0 Å². The maximum atomic E-state index is 12.0. The van der Waals surface area contributed by atoms with Gasteiger partial charge in [0, 0.05) is 16.3 Å². The number of carbonyl (C=O) groups is 1. The average molecular weight is 332 g/mol. The molecular formula is C16H14ClN3O3. The summed E-state index contributed by atoms with van der Waals surface area (Å²) in [4.78, 5) is 20.1. The minimum atomic E-state index is -0.294. The van der Waals surface area contributed by atoms with Gasteiger partial charge in [-0.15, -0.1) is 0 Å². The first-order valence-corrected chi connectivity index (χ1v) is 7.31. The van der Waals surface area contributed by atoms with Crippen LogP contribution in [0.1, 0.15) is 11.3 Å². The predicted octanol–water partition coefficient (Wildman–Crippen LogP) is 3.51. The predicted molar refractivity (Wildman–Crippen MR) is 86.9 cm³/mol. The average Bonchev–Trinajstić information content (AvgIpc) is 2.83. The number of anilines is 1. The van der Waals surface area contributed by atoms with Crippen molar-refractivity contribution in [1.29, 1.82) is 0 Å². The summed E-state index contributed by atoms with van der Waals surface area (Å²) in [5.74, 6) is 0.781. The molecule has 0 spiro atoms. The number of rotatable bonds is 4. The Hall–Kier alpha value is -2.60. The normalized spacial score (nSPS) is 10.7. The van der Waals surface area contributed by atoms with Gasteiger partial charge < -0.3 is 14.5 Å². The van der Waals surface area contributed by atoms with Crippen LogP contribution in [0.2, 0.25) is 5.02 Å². The van der Waals surface area contributed by atoms with Crippen LogP contribution in [0.5, 0.6) is 5.88 Å². The van der Waals surface area contributed by atoms with Gasteiger partial charge in [0.15, 0.2) is 6.61 Å². The van der Waals surface area contributed by atoms with E-state index in [4.69, 9.17) is 20.8 Å². The number of furan rings is 1. The standard InChI is InChI=1S/C16H14ClN3O3/c1-9-10(2)23-16-14(9)15(18-8-19-16)22-7-13(21)20-12-5-3-11(17)4-6-12/h3-6,8H,7H2,1-2H3,(H,20,21). The van der Waals surface area contributed by atoms with Gasteiger partial charge in [-0.25, -0.2) is 9.97 Å². The zero-order valence-electron chi connectivity index (χ0n) is 12.6. The quantitative estimate of drug-likeness (QED) is 0.791. The molecule has 7 heteroatoms. The van der Waals surface area contributed by atoms with Gasteiger partial charge in [-0.3, -0.25) is 4.79 Å². The third-order valence-electron chi connectivity index (χ3n) is 3.40. The summed E-state index contributed by atoms with van der Waals surface area (Å²) in [5, 5.41) is 4.01. The van der Waals surface area contributed by atoms with Crippen LogP contribution in [0.3, 0.4) is 0 Å². The first-order valence-electron chi connectivity index (χ1n) is 6.93. The van der Waals surface area contributed by atoms with Crippen LogP contribution in [0.25, 0.3) is 11.1 Å². The summed E-state index contributed by atoms with van der Waals surface area (Å²) in [6, 6.07) is 6.83. The van der Waals surface area contributed by atoms with Crippen molar-refractivity contribution in [3.8, 4) is 5.88 Å². The number of nitrogens with one attached hydrogen (secondary N) is 1. The first-order chi connectivity index (χ1) is 11.0. The fourth-order valence-corrected chi connectivity index (χ4v) is 2.25. The number of fused-ring (bicyclic) bond motifs is 1. The summed E-state index contributed by atoms with van der Waals surface area (Å²) in [6.07, 6.45) is 1.34. The van der Waals surface area contributed by atoms with E-state index in [-0.39, 0.29) is 12.5 Å². The van der Waals surface area contributed by atoms with Crippen LogP contribution >= 0.6 is 11.6 Å². The Morgan fingerprint density at radius 3 is 2.74 bits per heavy atom. The molecule has 0 unspecified atom stereocenters. The second kappa shape index (κ2) is 6.26. The van der Waals surface area contributed by atoms with Crippen molar-refractivity contribution in [2.24, 2.45) is 0 Å². The van der Waals surface area contributed by atoms with Crippen LogP contribution in [0.15, 0.2) is 35.0 Å². The number of hydrogen-bond acceptors (Lipinski definition) is 5. The number of ether oxygens (including phenoxy) is 1. The summed E-state index contributed by atoms with van der Waals surface area (Å²) in [7, 11) is 0. The molecule has 3 rings (SSSR count). The molecule has 3 aromatic rings. The van der Waals surface area contributed by atoms with Crippen molar-refractivity contribution in [2.75, 3.05) is 11.9 Å². The Kier molecular flexibility index (Phi) is 4.16. The number of nitrogens with zero attached hydrogens (tertiary/aromatic N) is 2. The molecule has 0 saturated carbocycles. The topological polar surface area (TPSA) is 77.2 Å². The molecule has 2 heterocycles. The largest absolute Gasteiger partial charge is 0.467 e. The molecule has 6 nitrogen and oxygen atoms in total. The van der Waals surface area contributed by atoms with E-state index in [2.05, 4.69) is 15.3 Å². The van der Waals surface area contributed by atoms with Crippen LogP contribution in [-0.2, 0) is 4.79 Å². The van der Waals surface area contributed by atoms with Gasteiger partial charge in [-0.1, -0.05) is 11.6 Å². The SMILES string of the molecule is Cc1oc2ncnc(OCC(=O)Nc3ccc(Cl)cc3)c2c1C. The van der Waals surface area contributed by atoms with E-state index < -0.39 is 0 Å². The van der Waals surface area contributed by atoms with E-state index in [9.17, 15) is 4.79 Å². The van der Waals surface area contributed by atoms with Gasteiger partial charge in [0.1, 0.15) is 17.5 Å². The zero-order valence-corrected chi connectivity index (χ0v) is 13.3. The Labute approximate surface area is 137 Å². The van der Waals surface area contributed by atoms with Crippen molar-refractivity contribution < 1.29 is 13.9 Å². The van der Waals surface area contributed by atoms with Crippen molar-refractivity contribution in [3.63, 3.8) is 0 Å². The van der Waals surface area contributed by atoms with Crippen LogP contribution < -0.4 is 10.1 Å². The highest BCUT2D eigenvalue weighted by Gasteiger charge is 2.15. The smallest absolute Gasteiger partial charge is 0.262 e. The van der Waals surface area contributed by atoms with Crippen molar-refractivity contribution in [3.05, 3.63) is 46.9 Å². The van der Waals surface area contributed by atoms with Crippen LogP contribution in [0.4, 0.5) is 5.69 Å². The number of amides is 1. The molecule has 1 N–H and O–H groups in total. The minimum Gasteiger partial charge on any atom is -0.467 e. The number of aryl methyl sites for hydroxylation is 2. The lowest BCUT2D eigenvalue weighted by Gasteiger charge is -2.07. The minimum absolute atomic E-state index is 0.168. The third kappa shape index (κ3) is 3.27. The van der Waals surface area contributed by atoms with Gasteiger partial charge in [-0.2, -0.15) is 0 Å². The molecule has 0 radical (unpaired) electrons. The Bertz CT molecular complexity index is 859. The Balaban J connectivity index is 1.71. The molecular weight excluding hydrogens is 318 g/mol. The molecule has 0 aliphatic heterocycles. The second-order valence-electron chi connectivity index (χ2n) is 4.99. The molecule has 0 atom stereocenters. The molecule has 23 heavy (non-hydrogen) atoms. The summed E-state index contributed by atoms with van der Waals surface area (Å²) in [6.45, 7) is 3.57. The molecule has 0 aliphatic carbocycles. The summed E-state index contributed by atoms with van der Waals surface area (Å²) < 4.78 is 11.0. The highest BCUT2D eigenvalue weighted by Crippen LogP contribution is 2.29. The van der Waals surface area contributed by atoms with E-state index in [1.807, 2.05) is 13.8 Å². The third-order valence-corrected chi connectivity index (χ3v) is 3.65. The lowest BCUT2D eigenvalue weighted by Crippen LogP contribution is -2.20. The van der Waals surface area contributed by atoms with Crippen molar-refractivity contribution in [2.45, 2.75) is 13.8 Å². The first kappa shape index (κ1) is 15.3. The van der Waals surface area contributed by atoms with Crippen LogP contribution in [0, 0.1) is 13.8 Å². The summed E-state index contributed by atoms with van der Waals surface area (Å²) >= 11 is 5.80. The maximum Gasteiger partial charge on any atom is 0.262 e. The molecule has 1 amide bonds. The number of carbonyl (C=O) groups excluding carboxylic acids is 1. The van der Waals surface area contributed by atoms with Gasteiger partial charge in [0.2, 0.25) is 11.6 Å². The summed E-state index contributed by atoms with van der Waals surface area (Å²) in [5.41, 5.74) is 1.99. The van der Waals surface area contributed by atoms with Gasteiger partial charge in [0.05, 0.1) is 0 Å². The van der Waals surface area contributed by atoms with Gasteiger partial charge in [0.25, 0.3) is 5.91 Å². The molecule has 0 fully saturated rings. The van der Waals surface area contributed by atoms with Gasteiger partial charge in [-0.05, 0) is 38.1 Å².